The molecule has 0 aliphatic carbocycles. The van der Waals surface area contributed by atoms with Crippen molar-refractivity contribution in [1.82, 2.24) is 0 Å². The highest BCUT2D eigenvalue weighted by atomic mass is 16.6. The van der Waals surface area contributed by atoms with E-state index in [-0.39, 0.29) is 24.9 Å². The van der Waals surface area contributed by atoms with Crippen LogP contribution >= 0.6 is 0 Å². The average molecular weight is 347 g/mol. The van der Waals surface area contributed by atoms with Crippen LogP contribution in [0.1, 0.15) is 85.5 Å². The van der Waals surface area contributed by atoms with Crippen molar-refractivity contribution < 1.29 is 19.3 Å². The summed E-state index contributed by atoms with van der Waals surface area (Å²) < 4.78 is 16.9. The third-order valence-electron chi connectivity index (χ3n) is 4.14. The Morgan fingerprint density at radius 2 is 1.08 bits per heavy atom. The Bertz CT molecular complexity index is 248. The lowest BCUT2D eigenvalue weighted by Crippen LogP contribution is -2.26. The Kier molecular flexibility index (Phi) is 17.5. The van der Waals surface area contributed by atoms with Crippen LogP contribution in [0.5, 0.6) is 0 Å². The first-order valence-corrected chi connectivity index (χ1v) is 10.1. The molecule has 0 aliphatic heterocycles. The van der Waals surface area contributed by atoms with Gasteiger partial charge in [0, 0.05) is 6.61 Å². The molecule has 0 aromatic rings. The van der Waals surface area contributed by atoms with Crippen molar-refractivity contribution >= 4 is 0 Å². The molecule has 0 aromatic heterocycles. The van der Waals surface area contributed by atoms with Gasteiger partial charge in [0.15, 0.2) is 0 Å². The van der Waals surface area contributed by atoms with Crippen LogP contribution in [-0.4, -0.2) is 49.8 Å². The quantitative estimate of drug-likeness (QED) is 0.365. The van der Waals surface area contributed by atoms with Gasteiger partial charge in [0.05, 0.1) is 38.1 Å². The van der Waals surface area contributed by atoms with Crippen molar-refractivity contribution in [3.8, 4) is 0 Å². The van der Waals surface area contributed by atoms with Crippen LogP contribution in [0.2, 0.25) is 0 Å². The summed E-state index contributed by atoms with van der Waals surface area (Å²) in [7, 11) is 0. The summed E-state index contributed by atoms with van der Waals surface area (Å²) in [6.07, 6.45) is 12.0. The molecule has 4 nitrogen and oxygen atoms in total. The van der Waals surface area contributed by atoms with Gasteiger partial charge in [0.2, 0.25) is 0 Å². The number of hydrogen-bond donors (Lipinski definition) is 1. The number of aliphatic hydroxyl groups is 1. The zero-order valence-corrected chi connectivity index (χ0v) is 16.6. The van der Waals surface area contributed by atoms with E-state index in [1.54, 1.807) is 0 Å². The summed E-state index contributed by atoms with van der Waals surface area (Å²) in [5, 5.41) is 8.90. The minimum absolute atomic E-state index is 0.0257. The topological polar surface area (TPSA) is 47.9 Å². The second kappa shape index (κ2) is 17.7. The Morgan fingerprint density at radius 1 is 0.625 bits per heavy atom. The molecule has 0 saturated heterocycles. The molecule has 1 N–H and O–H groups in total. The highest BCUT2D eigenvalue weighted by molar-refractivity contribution is 4.55. The normalized spacial score (nSPS) is 15.4. The van der Waals surface area contributed by atoms with Crippen molar-refractivity contribution in [2.24, 2.45) is 0 Å². The first kappa shape index (κ1) is 23.8. The Hall–Kier alpha value is -0.160. The maximum atomic E-state index is 8.90. The van der Waals surface area contributed by atoms with Crippen LogP contribution in [0.3, 0.4) is 0 Å². The number of rotatable bonds is 18. The largest absolute Gasteiger partial charge is 0.394 e. The standard InChI is InChI=1S/C20H42O4/c1-5-6-7-8-9-10-11-12-13-14-22-19(3)16-24-20(4)17-23-18(2)15-21/h18-21H,5-17H2,1-4H3. The van der Waals surface area contributed by atoms with E-state index in [2.05, 4.69) is 13.8 Å². The fourth-order valence-corrected chi connectivity index (χ4v) is 2.45. The van der Waals surface area contributed by atoms with Gasteiger partial charge >= 0.3 is 0 Å². The molecule has 0 radical (unpaired) electrons. The van der Waals surface area contributed by atoms with Crippen LogP contribution in [0.15, 0.2) is 0 Å². The minimum Gasteiger partial charge on any atom is -0.394 e. The highest BCUT2D eigenvalue weighted by Crippen LogP contribution is 2.10. The monoisotopic (exact) mass is 346 g/mol. The second-order valence-electron chi connectivity index (χ2n) is 6.98. The van der Waals surface area contributed by atoms with Gasteiger partial charge in [-0.1, -0.05) is 58.3 Å². The fraction of sp³-hybridized carbons (Fsp3) is 1.00. The van der Waals surface area contributed by atoms with Crippen LogP contribution in [0, 0.1) is 0 Å². The van der Waals surface area contributed by atoms with Gasteiger partial charge < -0.3 is 19.3 Å². The number of ether oxygens (including phenoxy) is 3. The summed E-state index contributed by atoms with van der Waals surface area (Å²) >= 11 is 0. The van der Waals surface area contributed by atoms with E-state index in [1.807, 2.05) is 13.8 Å². The molecular weight excluding hydrogens is 304 g/mol. The summed E-state index contributed by atoms with van der Waals surface area (Å²) in [4.78, 5) is 0. The molecule has 0 amide bonds. The summed E-state index contributed by atoms with van der Waals surface area (Å²) in [5.74, 6) is 0. The molecule has 0 spiro atoms. The predicted octanol–water partition coefficient (Wildman–Crippen LogP) is 4.72. The number of aliphatic hydroxyl groups excluding tert-OH is 1. The lowest BCUT2D eigenvalue weighted by Gasteiger charge is -2.19. The smallest absolute Gasteiger partial charge is 0.0781 e. The van der Waals surface area contributed by atoms with E-state index < -0.39 is 0 Å². The molecule has 0 fully saturated rings. The maximum absolute atomic E-state index is 8.90. The van der Waals surface area contributed by atoms with Crippen LogP contribution in [0.4, 0.5) is 0 Å². The van der Waals surface area contributed by atoms with Crippen molar-refractivity contribution in [2.75, 3.05) is 26.4 Å². The number of hydrogen-bond acceptors (Lipinski definition) is 4. The first-order chi connectivity index (χ1) is 11.6. The molecule has 4 heteroatoms. The highest BCUT2D eigenvalue weighted by Gasteiger charge is 2.09. The van der Waals surface area contributed by atoms with Gasteiger partial charge in [-0.3, -0.25) is 0 Å². The summed E-state index contributed by atoms with van der Waals surface area (Å²) in [6, 6.07) is 0. The summed E-state index contributed by atoms with van der Waals surface area (Å²) in [5.41, 5.74) is 0. The van der Waals surface area contributed by atoms with Gasteiger partial charge in [-0.25, -0.2) is 0 Å². The van der Waals surface area contributed by atoms with Crippen LogP contribution < -0.4 is 0 Å². The fourth-order valence-electron chi connectivity index (χ4n) is 2.45. The molecule has 0 aromatic carbocycles. The molecule has 0 heterocycles. The minimum atomic E-state index is -0.128. The van der Waals surface area contributed by atoms with Crippen molar-refractivity contribution in [1.29, 1.82) is 0 Å². The van der Waals surface area contributed by atoms with E-state index in [1.165, 1.54) is 51.4 Å². The Labute approximate surface area is 150 Å². The van der Waals surface area contributed by atoms with E-state index in [9.17, 15) is 0 Å². The SMILES string of the molecule is CCCCCCCCCCCOC(C)COC(C)COC(C)CO. The average Bonchev–Trinajstić information content (AvgIpc) is 2.59. The zero-order chi connectivity index (χ0) is 18.0. The molecule has 0 bridgehead atoms. The van der Waals surface area contributed by atoms with Gasteiger partial charge in [-0.15, -0.1) is 0 Å². The summed E-state index contributed by atoms with van der Waals surface area (Å²) in [6.45, 7) is 10.1. The number of unbranched alkanes of at least 4 members (excludes halogenated alkanes) is 8. The molecule has 24 heavy (non-hydrogen) atoms. The molecule has 0 aliphatic rings. The van der Waals surface area contributed by atoms with Crippen molar-refractivity contribution in [3.63, 3.8) is 0 Å². The van der Waals surface area contributed by atoms with E-state index in [0.29, 0.717) is 13.2 Å². The van der Waals surface area contributed by atoms with Gasteiger partial charge in [-0.2, -0.15) is 0 Å². The van der Waals surface area contributed by atoms with Crippen LogP contribution in [-0.2, 0) is 14.2 Å². The maximum Gasteiger partial charge on any atom is 0.0781 e. The Morgan fingerprint density at radius 3 is 1.62 bits per heavy atom. The molecule has 146 valence electrons. The third-order valence-corrected chi connectivity index (χ3v) is 4.14. The zero-order valence-electron chi connectivity index (χ0n) is 16.6. The van der Waals surface area contributed by atoms with E-state index in [4.69, 9.17) is 19.3 Å². The third kappa shape index (κ3) is 16.7. The second-order valence-corrected chi connectivity index (χ2v) is 6.98. The molecule has 0 saturated carbocycles. The molecule has 0 rings (SSSR count). The van der Waals surface area contributed by atoms with Crippen molar-refractivity contribution in [2.45, 2.75) is 104 Å². The van der Waals surface area contributed by atoms with Gasteiger partial charge in [0.25, 0.3) is 0 Å². The first-order valence-electron chi connectivity index (χ1n) is 10.1. The van der Waals surface area contributed by atoms with Crippen molar-refractivity contribution in [3.05, 3.63) is 0 Å². The predicted molar refractivity (Wildman–Crippen MR) is 101 cm³/mol. The van der Waals surface area contributed by atoms with Gasteiger partial charge in [0.1, 0.15) is 0 Å². The van der Waals surface area contributed by atoms with E-state index in [0.717, 1.165) is 13.0 Å². The van der Waals surface area contributed by atoms with E-state index >= 15 is 0 Å². The molecule has 3 unspecified atom stereocenters. The molecular formula is C20H42O4. The molecule has 3 atom stereocenters. The lowest BCUT2D eigenvalue weighted by molar-refractivity contribution is -0.0746. The Balaban J connectivity index is 3.33. The van der Waals surface area contributed by atoms with Crippen LogP contribution in [0.25, 0.3) is 0 Å². The van der Waals surface area contributed by atoms with Gasteiger partial charge in [-0.05, 0) is 27.2 Å². The lowest BCUT2D eigenvalue weighted by atomic mass is 10.1.